The summed E-state index contributed by atoms with van der Waals surface area (Å²) >= 11 is 0. The number of carbonyl (C=O) groups is 1. The SMILES string of the molecule is NS(=O)(=O)c1ccccc1NC(=O)c1ccc[nH]1. The van der Waals surface area contributed by atoms with Crippen molar-refractivity contribution in [3.8, 4) is 0 Å². The molecule has 94 valence electrons. The Hall–Kier alpha value is -2.12. The van der Waals surface area contributed by atoms with E-state index < -0.39 is 15.9 Å². The zero-order chi connectivity index (χ0) is 13.2. The van der Waals surface area contributed by atoms with Crippen LogP contribution >= 0.6 is 0 Å². The molecule has 1 aromatic heterocycles. The number of primary sulfonamides is 1. The molecular weight excluding hydrogens is 254 g/mol. The summed E-state index contributed by atoms with van der Waals surface area (Å²) in [6.07, 6.45) is 1.60. The first kappa shape index (κ1) is 12.3. The largest absolute Gasteiger partial charge is 0.357 e. The van der Waals surface area contributed by atoms with Crippen LogP contribution < -0.4 is 10.5 Å². The van der Waals surface area contributed by atoms with E-state index >= 15 is 0 Å². The van der Waals surface area contributed by atoms with Crippen molar-refractivity contribution in [2.45, 2.75) is 4.90 Å². The maximum absolute atomic E-state index is 11.8. The summed E-state index contributed by atoms with van der Waals surface area (Å²) in [6.45, 7) is 0. The highest BCUT2D eigenvalue weighted by Crippen LogP contribution is 2.19. The fourth-order valence-electron chi connectivity index (χ4n) is 1.48. The Labute approximate surface area is 104 Å². The molecule has 0 unspecified atom stereocenters. The molecule has 0 aliphatic heterocycles. The van der Waals surface area contributed by atoms with E-state index in [1.165, 1.54) is 18.2 Å². The number of nitrogens with one attached hydrogen (secondary N) is 2. The Morgan fingerprint density at radius 2 is 1.89 bits per heavy atom. The quantitative estimate of drug-likeness (QED) is 0.768. The lowest BCUT2D eigenvalue weighted by atomic mass is 10.3. The number of aromatic amines is 1. The molecule has 18 heavy (non-hydrogen) atoms. The summed E-state index contributed by atoms with van der Waals surface area (Å²) in [4.78, 5) is 14.4. The van der Waals surface area contributed by atoms with Crippen LogP contribution in [0.15, 0.2) is 47.5 Å². The Kier molecular flexibility index (Phi) is 3.17. The highest BCUT2D eigenvalue weighted by molar-refractivity contribution is 7.89. The molecule has 0 radical (unpaired) electrons. The zero-order valence-electron chi connectivity index (χ0n) is 9.25. The second-order valence-electron chi connectivity index (χ2n) is 3.58. The van der Waals surface area contributed by atoms with E-state index in [9.17, 15) is 13.2 Å². The normalized spacial score (nSPS) is 11.2. The van der Waals surface area contributed by atoms with E-state index in [0.717, 1.165) is 0 Å². The van der Waals surface area contributed by atoms with Crippen molar-refractivity contribution in [2.24, 2.45) is 5.14 Å². The summed E-state index contributed by atoms with van der Waals surface area (Å²) in [5.41, 5.74) is 0.485. The van der Waals surface area contributed by atoms with Crippen molar-refractivity contribution in [1.82, 2.24) is 4.98 Å². The molecule has 0 saturated heterocycles. The Balaban J connectivity index is 2.33. The minimum atomic E-state index is -3.87. The number of rotatable bonds is 3. The lowest BCUT2D eigenvalue weighted by Gasteiger charge is -2.08. The van der Waals surface area contributed by atoms with E-state index in [1.807, 2.05) is 0 Å². The zero-order valence-corrected chi connectivity index (χ0v) is 10.1. The minimum Gasteiger partial charge on any atom is -0.357 e. The lowest BCUT2D eigenvalue weighted by Crippen LogP contribution is -2.18. The van der Waals surface area contributed by atoms with Crippen LogP contribution in [0.25, 0.3) is 0 Å². The van der Waals surface area contributed by atoms with Crippen LogP contribution in [0.2, 0.25) is 0 Å². The van der Waals surface area contributed by atoms with Crippen LogP contribution in [0.3, 0.4) is 0 Å². The standard InChI is InChI=1S/C11H11N3O3S/c12-18(16,17)10-6-2-1-4-8(10)14-11(15)9-5-3-7-13-9/h1-7,13H,(H,14,15)(H2,12,16,17). The number of hydrogen-bond acceptors (Lipinski definition) is 3. The van der Waals surface area contributed by atoms with Gasteiger partial charge in [0, 0.05) is 6.20 Å². The molecule has 2 rings (SSSR count). The van der Waals surface area contributed by atoms with Crippen LogP contribution in [-0.2, 0) is 10.0 Å². The third-order valence-corrected chi connectivity index (χ3v) is 3.25. The molecule has 4 N–H and O–H groups in total. The van der Waals surface area contributed by atoms with Crippen molar-refractivity contribution in [1.29, 1.82) is 0 Å². The number of aromatic nitrogens is 1. The van der Waals surface area contributed by atoms with Crippen molar-refractivity contribution < 1.29 is 13.2 Å². The van der Waals surface area contributed by atoms with Crippen LogP contribution in [0.4, 0.5) is 5.69 Å². The monoisotopic (exact) mass is 265 g/mol. The number of anilines is 1. The van der Waals surface area contributed by atoms with Crippen molar-refractivity contribution >= 4 is 21.6 Å². The number of sulfonamides is 1. The maximum atomic E-state index is 11.8. The van der Waals surface area contributed by atoms with Gasteiger partial charge in [-0.1, -0.05) is 12.1 Å². The van der Waals surface area contributed by atoms with Gasteiger partial charge in [0.05, 0.1) is 5.69 Å². The molecule has 7 heteroatoms. The van der Waals surface area contributed by atoms with Crippen molar-refractivity contribution in [3.05, 3.63) is 48.3 Å². The van der Waals surface area contributed by atoms with E-state index in [1.54, 1.807) is 24.4 Å². The van der Waals surface area contributed by atoms with Gasteiger partial charge in [-0.3, -0.25) is 4.79 Å². The predicted molar refractivity (Wildman–Crippen MR) is 66.6 cm³/mol. The molecule has 0 bridgehead atoms. The number of benzene rings is 1. The lowest BCUT2D eigenvalue weighted by molar-refractivity contribution is 0.102. The Morgan fingerprint density at radius 1 is 1.17 bits per heavy atom. The molecule has 1 aromatic carbocycles. The van der Waals surface area contributed by atoms with Gasteiger partial charge in [-0.2, -0.15) is 0 Å². The molecule has 0 fully saturated rings. The number of hydrogen-bond donors (Lipinski definition) is 3. The number of carbonyl (C=O) groups excluding carboxylic acids is 1. The molecule has 0 spiro atoms. The second kappa shape index (κ2) is 4.63. The van der Waals surface area contributed by atoms with Crippen LogP contribution in [0, 0.1) is 0 Å². The van der Waals surface area contributed by atoms with Gasteiger partial charge in [0.1, 0.15) is 10.6 Å². The smallest absolute Gasteiger partial charge is 0.272 e. The first-order valence-electron chi connectivity index (χ1n) is 5.05. The fraction of sp³-hybridized carbons (Fsp3) is 0. The van der Waals surface area contributed by atoms with Gasteiger partial charge >= 0.3 is 0 Å². The number of H-pyrrole nitrogens is 1. The Bertz CT molecular complexity index is 663. The molecule has 6 nitrogen and oxygen atoms in total. The molecule has 2 aromatic rings. The molecular formula is C11H11N3O3S. The van der Waals surface area contributed by atoms with Gasteiger partial charge in [0.2, 0.25) is 10.0 Å². The summed E-state index contributed by atoms with van der Waals surface area (Å²) in [7, 11) is -3.87. The summed E-state index contributed by atoms with van der Waals surface area (Å²) in [5.74, 6) is -0.434. The molecule has 0 saturated carbocycles. The average molecular weight is 265 g/mol. The van der Waals surface area contributed by atoms with Gasteiger partial charge in [0.15, 0.2) is 0 Å². The summed E-state index contributed by atoms with van der Waals surface area (Å²) in [5, 5.41) is 7.56. The highest BCUT2D eigenvalue weighted by atomic mass is 32.2. The van der Waals surface area contributed by atoms with Crippen LogP contribution in [-0.4, -0.2) is 19.3 Å². The van der Waals surface area contributed by atoms with E-state index in [2.05, 4.69) is 10.3 Å². The van der Waals surface area contributed by atoms with Gasteiger partial charge in [0.25, 0.3) is 5.91 Å². The van der Waals surface area contributed by atoms with Crippen molar-refractivity contribution in [2.75, 3.05) is 5.32 Å². The third-order valence-electron chi connectivity index (χ3n) is 2.28. The average Bonchev–Trinajstić information content (AvgIpc) is 2.81. The highest BCUT2D eigenvalue weighted by Gasteiger charge is 2.15. The molecule has 1 heterocycles. The Morgan fingerprint density at radius 3 is 2.50 bits per heavy atom. The maximum Gasteiger partial charge on any atom is 0.272 e. The third kappa shape index (κ3) is 2.58. The summed E-state index contributed by atoms with van der Waals surface area (Å²) in [6, 6.07) is 9.19. The van der Waals surface area contributed by atoms with Gasteiger partial charge in [-0.05, 0) is 24.3 Å². The van der Waals surface area contributed by atoms with Gasteiger partial charge in [-0.25, -0.2) is 13.6 Å². The van der Waals surface area contributed by atoms with Gasteiger partial charge < -0.3 is 10.3 Å². The minimum absolute atomic E-state index is 0.120. The van der Waals surface area contributed by atoms with Crippen molar-refractivity contribution in [3.63, 3.8) is 0 Å². The van der Waals surface area contributed by atoms with E-state index in [-0.39, 0.29) is 10.6 Å². The van der Waals surface area contributed by atoms with E-state index in [0.29, 0.717) is 5.69 Å². The van der Waals surface area contributed by atoms with Gasteiger partial charge in [-0.15, -0.1) is 0 Å². The summed E-state index contributed by atoms with van der Waals surface area (Å²) < 4.78 is 22.7. The molecule has 0 atom stereocenters. The molecule has 0 aliphatic rings. The number of nitrogens with two attached hydrogens (primary N) is 1. The number of amides is 1. The van der Waals surface area contributed by atoms with Crippen LogP contribution in [0.1, 0.15) is 10.5 Å². The fourth-order valence-corrected chi connectivity index (χ4v) is 2.17. The van der Waals surface area contributed by atoms with E-state index in [4.69, 9.17) is 5.14 Å². The first-order valence-corrected chi connectivity index (χ1v) is 6.59. The second-order valence-corrected chi connectivity index (χ2v) is 5.11. The molecule has 1 amide bonds. The first-order chi connectivity index (χ1) is 8.48. The topological polar surface area (TPSA) is 105 Å². The number of para-hydroxylation sites is 1. The molecule has 0 aliphatic carbocycles. The predicted octanol–water partition coefficient (Wildman–Crippen LogP) is 0.914. The van der Waals surface area contributed by atoms with Crippen LogP contribution in [0.5, 0.6) is 0 Å².